The molecule has 4 rings (SSSR count). The van der Waals surface area contributed by atoms with Crippen LogP contribution >= 0.6 is 0 Å². The standard InChI is InChI=1S/C26H27N3O6/c1-15(2)11-23(25(31)32)28-24(30)22-12-16(35-29-22)13-27-26(33)34-14-21-19-9-5-3-7-17(19)18-8-4-6-10-20(18)21/h3-10,12,15,21,23H,11,13-14H2,1-2H3,(H,27,33)(H,28,30)(H,31,32)/t23-/m1/s1. The molecule has 1 aromatic heterocycles. The largest absolute Gasteiger partial charge is 0.480 e. The van der Waals surface area contributed by atoms with Crippen LogP contribution in [0.2, 0.25) is 0 Å². The second-order valence-corrected chi connectivity index (χ2v) is 8.85. The van der Waals surface area contributed by atoms with Gasteiger partial charge in [-0.1, -0.05) is 67.5 Å². The van der Waals surface area contributed by atoms with Crippen LogP contribution in [0.25, 0.3) is 11.1 Å². The van der Waals surface area contributed by atoms with Crippen LogP contribution in [0.5, 0.6) is 0 Å². The summed E-state index contributed by atoms with van der Waals surface area (Å²) < 4.78 is 10.6. The number of carbonyl (C=O) groups excluding carboxylic acids is 2. The summed E-state index contributed by atoms with van der Waals surface area (Å²) in [5, 5.41) is 18.0. The van der Waals surface area contributed by atoms with Crippen LogP contribution in [-0.2, 0) is 16.1 Å². The van der Waals surface area contributed by atoms with Crippen molar-refractivity contribution in [1.29, 1.82) is 0 Å². The minimum Gasteiger partial charge on any atom is -0.480 e. The van der Waals surface area contributed by atoms with Crippen LogP contribution in [0.15, 0.2) is 59.1 Å². The monoisotopic (exact) mass is 477 g/mol. The molecule has 0 bridgehead atoms. The summed E-state index contributed by atoms with van der Waals surface area (Å²) in [6.45, 7) is 3.87. The molecule has 9 heteroatoms. The summed E-state index contributed by atoms with van der Waals surface area (Å²) >= 11 is 0. The average Bonchev–Trinajstić information content (AvgIpc) is 3.44. The van der Waals surface area contributed by atoms with Crippen molar-refractivity contribution in [2.24, 2.45) is 5.92 Å². The second kappa shape index (κ2) is 10.4. The lowest BCUT2D eigenvalue weighted by molar-refractivity contribution is -0.139. The fourth-order valence-corrected chi connectivity index (χ4v) is 4.24. The number of carboxylic acids is 1. The van der Waals surface area contributed by atoms with E-state index in [1.54, 1.807) is 0 Å². The van der Waals surface area contributed by atoms with Gasteiger partial charge in [0, 0.05) is 12.0 Å². The third kappa shape index (κ3) is 5.51. The van der Waals surface area contributed by atoms with E-state index in [1.807, 2.05) is 50.2 Å². The Morgan fingerprint density at radius 3 is 2.29 bits per heavy atom. The Balaban J connectivity index is 1.30. The molecule has 0 fully saturated rings. The van der Waals surface area contributed by atoms with Crippen molar-refractivity contribution < 1.29 is 28.8 Å². The number of aromatic nitrogens is 1. The molecule has 1 aliphatic carbocycles. The van der Waals surface area contributed by atoms with Gasteiger partial charge < -0.3 is 25.0 Å². The number of ether oxygens (including phenoxy) is 1. The zero-order chi connectivity index (χ0) is 24.9. The molecule has 0 radical (unpaired) electrons. The smallest absolute Gasteiger partial charge is 0.407 e. The Bertz CT molecular complexity index is 1190. The van der Waals surface area contributed by atoms with Crippen molar-refractivity contribution in [2.75, 3.05) is 6.61 Å². The van der Waals surface area contributed by atoms with Gasteiger partial charge in [-0.3, -0.25) is 4.79 Å². The SMILES string of the molecule is CC(C)C[C@@H](NC(=O)c1cc(CNC(=O)OCC2c3ccccc3-c3ccccc32)on1)C(=O)O. The maximum absolute atomic E-state index is 12.3. The number of fused-ring (bicyclic) bond motifs is 3. The van der Waals surface area contributed by atoms with E-state index in [0.717, 1.165) is 22.3 Å². The highest BCUT2D eigenvalue weighted by Crippen LogP contribution is 2.44. The summed E-state index contributed by atoms with van der Waals surface area (Å²) in [4.78, 5) is 36.0. The first-order valence-corrected chi connectivity index (χ1v) is 11.4. The van der Waals surface area contributed by atoms with Crippen LogP contribution in [0.3, 0.4) is 0 Å². The predicted molar refractivity (Wildman–Crippen MR) is 127 cm³/mol. The lowest BCUT2D eigenvalue weighted by Crippen LogP contribution is -2.41. The lowest BCUT2D eigenvalue weighted by Gasteiger charge is -2.15. The molecule has 0 unspecified atom stereocenters. The Morgan fingerprint density at radius 2 is 1.69 bits per heavy atom. The van der Waals surface area contributed by atoms with Crippen molar-refractivity contribution in [3.8, 4) is 11.1 Å². The molecule has 0 saturated carbocycles. The fourth-order valence-electron chi connectivity index (χ4n) is 4.24. The number of alkyl carbamates (subject to hydrolysis) is 1. The number of carboxylic acid groups (broad SMARTS) is 1. The fraction of sp³-hybridized carbons (Fsp3) is 0.308. The maximum Gasteiger partial charge on any atom is 0.407 e. The number of benzene rings is 2. The minimum atomic E-state index is -1.12. The van der Waals surface area contributed by atoms with Crippen molar-refractivity contribution in [3.05, 3.63) is 77.2 Å². The Hall–Kier alpha value is -4.14. The van der Waals surface area contributed by atoms with E-state index >= 15 is 0 Å². The first kappa shape index (κ1) is 24.0. The molecule has 3 N–H and O–H groups in total. The van der Waals surface area contributed by atoms with E-state index in [0.29, 0.717) is 0 Å². The van der Waals surface area contributed by atoms with Gasteiger partial charge in [-0.25, -0.2) is 9.59 Å². The molecule has 3 aromatic rings. The quantitative estimate of drug-likeness (QED) is 0.425. The molecule has 1 aliphatic rings. The first-order valence-electron chi connectivity index (χ1n) is 11.4. The molecule has 0 saturated heterocycles. The van der Waals surface area contributed by atoms with Gasteiger partial charge in [-0.15, -0.1) is 0 Å². The zero-order valence-electron chi connectivity index (χ0n) is 19.5. The first-order chi connectivity index (χ1) is 16.8. The molecular formula is C26H27N3O6. The van der Waals surface area contributed by atoms with Gasteiger partial charge >= 0.3 is 12.1 Å². The summed E-state index contributed by atoms with van der Waals surface area (Å²) in [7, 11) is 0. The predicted octanol–water partition coefficient (Wildman–Crippen LogP) is 3.94. The molecule has 2 amide bonds. The molecule has 9 nitrogen and oxygen atoms in total. The van der Waals surface area contributed by atoms with Crippen molar-refractivity contribution >= 4 is 18.0 Å². The molecular weight excluding hydrogens is 450 g/mol. The minimum absolute atomic E-state index is 0.0364. The third-order valence-corrected chi connectivity index (χ3v) is 5.85. The van der Waals surface area contributed by atoms with Gasteiger partial charge in [0.1, 0.15) is 12.6 Å². The van der Waals surface area contributed by atoms with Gasteiger partial charge in [0.25, 0.3) is 5.91 Å². The van der Waals surface area contributed by atoms with E-state index in [-0.39, 0.29) is 42.9 Å². The summed E-state index contributed by atoms with van der Waals surface area (Å²) in [5.41, 5.74) is 4.45. The Morgan fingerprint density at radius 1 is 1.06 bits per heavy atom. The van der Waals surface area contributed by atoms with Gasteiger partial charge in [0.2, 0.25) is 0 Å². The second-order valence-electron chi connectivity index (χ2n) is 8.85. The van der Waals surface area contributed by atoms with Crippen LogP contribution < -0.4 is 10.6 Å². The third-order valence-electron chi connectivity index (χ3n) is 5.85. The lowest BCUT2D eigenvalue weighted by atomic mass is 9.98. The van der Waals surface area contributed by atoms with E-state index in [4.69, 9.17) is 9.26 Å². The molecule has 1 heterocycles. The topological polar surface area (TPSA) is 131 Å². The highest BCUT2D eigenvalue weighted by Gasteiger charge is 2.29. The van der Waals surface area contributed by atoms with Crippen LogP contribution in [0.1, 0.15) is 53.6 Å². The summed E-state index contributed by atoms with van der Waals surface area (Å²) in [5.74, 6) is -1.51. The van der Waals surface area contributed by atoms with Gasteiger partial charge in [-0.2, -0.15) is 0 Å². The zero-order valence-corrected chi connectivity index (χ0v) is 19.5. The normalized spacial score (nSPS) is 13.1. The highest BCUT2D eigenvalue weighted by atomic mass is 16.5. The average molecular weight is 478 g/mol. The summed E-state index contributed by atoms with van der Waals surface area (Å²) in [6.07, 6.45) is -0.341. The number of hydrogen-bond donors (Lipinski definition) is 3. The number of rotatable bonds is 9. The van der Waals surface area contributed by atoms with Crippen LogP contribution in [0.4, 0.5) is 4.79 Å². The maximum atomic E-state index is 12.3. The number of amides is 2. The van der Waals surface area contributed by atoms with E-state index in [1.165, 1.54) is 6.07 Å². The Kier molecular flexibility index (Phi) is 7.14. The number of nitrogens with zero attached hydrogens (tertiary/aromatic N) is 1. The molecule has 182 valence electrons. The molecule has 2 aromatic carbocycles. The van der Waals surface area contributed by atoms with E-state index in [2.05, 4.69) is 27.9 Å². The van der Waals surface area contributed by atoms with Crippen molar-refractivity contribution in [2.45, 2.75) is 38.8 Å². The van der Waals surface area contributed by atoms with Crippen molar-refractivity contribution in [3.63, 3.8) is 0 Å². The van der Waals surface area contributed by atoms with E-state index in [9.17, 15) is 19.5 Å². The van der Waals surface area contributed by atoms with Crippen LogP contribution in [-0.4, -0.2) is 40.9 Å². The molecule has 1 atom stereocenters. The van der Waals surface area contributed by atoms with E-state index < -0.39 is 24.0 Å². The molecule has 0 aliphatic heterocycles. The number of nitrogens with one attached hydrogen (secondary N) is 2. The van der Waals surface area contributed by atoms with Crippen molar-refractivity contribution in [1.82, 2.24) is 15.8 Å². The molecule has 0 spiro atoms. The van der Waals surface area contributed by atoms with Gasteiger partial charge in [-0.05, 0) is 34.6 Å². The van der Waals surface area contributed by atoms with Crippen LogP contribution in [0, 0.1) is 5.92 Å². The summed E-state index contributed by atoms with van der Waals surface area (Å²) in [6, 6.07) is 16.5. The molecule has 35 heavy (non-hydrogen) atoms. The number of hydrogen-bond acceptors (Lipinski definition) is 6. The number of aliphatic carboxylic acids is 1. The highest BCUT2D eigenvalue weighted by molar-refractivity contribution is 5.94. The Labute approximate surface area is 202 Å². The van der Waals surface area contributed by atoms with Gasteiger partial charge in [0.15, 0.2) is 11.5 Å². The number of carbonyl (C=O) groups is 3. The van der Waals surface area contributed by atoms with Gasteiger partial charge in [0.05, 0.1) is 6.54 Å².